The number of carboxylic acid groups (broad SMARTS) is 1. The molecule has 1 aromatic carbocycles. The molecular weight excluding hydrogens is 264 g/mol. The normalized spacial score (nSPS) is 10.2. The second-order valence-electron chi connectivity index (χ2n) is 4.01. The molecule has 5 heteroatoms. The first-order valence-electron chi connectivity index (χ1n) is 5.83. The highest BCUT2D eigenvalue weighted by atomic mass is 35.5. The van der Waals surface area contributed by atoms with Gasteiger partial charge in [0.05, 0.1) is 5.69 Å². The van der Waals surface area contributed by atoms with Crippen molar-refractivity contribution in [3.63, 3.8) is 0 Å². The molecule has 0 saturated carbocycles. The molecule has 1 aromatic heterocycles. The fraction of sp³-hybridized carbons (Fsp3) is 0.143. The predicted molar refractivity (Wildman–Crippen MR) is 74.8 cm³/mol. The van der Waals surface area contributed by atoms with Crippen molar-refractivity contribution in [3.8, 4) is 0 Å². The number of halogens is 1. The van der Waals surface area contributed by atoms with Gasteiger partial charge in [0.2, 0.25) is 0 Å². The van der Waals surface area contributed by atoms with Crippen molar-refractivity contribution in [3.05, 3.63) is 58.9 Å². The summed E-state index contributed by atoms with van der Waals surface area (Å²) in [6, 6.07) is 11.0. The summed E-state index contributed by atoms with van der Waals surface area (Å²) < 4.78 is 0. The lowest BCUT2D eigenvalue weighted by Gasteiger charge is -2.08. The van der Waals surface area contributed by atoms with Crippen molar-refractivity contribution in [2.45, 2.75) is 6.42 Å². The number of anilines is 1. The third-order valence-electron chi connectivity index (χ3n) is 2.65. The van der Waals surface area contributed by atoms with E-state index in [9.17, 15) is 4.79 Å². The molecular formula is C14H13ClN2O2. The van der Waals surface area contributed by atoms with Gasteiger partial charge >= 0.3 is 5.97 Å². The Morgan fingerprint density at radius 2 is 2.00 bits per heavy atom. The van der Waals surface area contributed by atoms with Crippen molar-refractivity contribution < 1.29 is 9.90 Å². The molecule has 0 bridgehead atoms. The monoisotopic (exact) mass is 276 g/mol. The molecule has 0 aliphatic carbocycles. The summed E-state index contributed by atoms with van der Waals surface area (Å²) in [5.41, 5.74) is 1.71. The topological polar surface area (TPSA) is 62.2 Å². The zero-order chi connectivity index (χ0) is 13.7. The zero-order valence-corrected chi connectivity index (χ0v) is 10.9. The summed E-state index contributed by atoms with van der Waals surface area (Å²) in [7, 11) is 0. The van der Waals surface area contributed by atoms with Crippen LogP contribution in [0.1, 0.15) is 16.1 Å². The Labute approximate surface area is 116 Å². The van der Waals surface area contributed by atoms with E-state index in [2.05, 4.69) is 10.3 Å². The van der Waals surface area contributed by atoms with E-state index in [1.807, 2.05) is 24.3 Å². The van der Waals surface area contributed by atoms with E-state index in [-0.39, 0.29) is 5.69 Å². The third kappa shape index (κ3) is 3.69. The van der Waals surface area contributed by atoms with Gasteiger partial charge in [-0.1, -0.05) is 23.7 Å². The number of aromatic carboxylic acids is 1. The molecule has 0 fully saturated rings. The molecule has 2 N–H and O–H groups in total. The molecule has 0 saturated heterocycles. The molecule has 0 spiro atoms. The molecule has 2 rings (SSSR count). The first-order valence-corrected chi connectivity index (χ1v) is 6.21. The van der Waals surface area contributed by atoms with Gasteiger partial charge in [0, 0.05) is 17.8 Å². The molecule has 0 atom stereocenters. The summed E-state index contributed by atoms with van der Waals surface area (Å²) in [4.78, 5) is 14.8. The molecule has 1 heterocycles. The van der Waals surface area contributed by atoms with E-state index in [4.69, 9.17) is 16.7 Å². The Morgan fingerprint density at radius 3 is 2.68 bits per heavy atom. The van der Waals surface area contributed by atoms with Crippen molar-refractivity contribution in [1.29, 1.82) is 0 Å². The maximum Gasteiger partial charge on any atom is 0.356 e. The van der Waals surface area contributed by atoms with Gasteiger partial charge in [-0.05, 0) is 36.2 Å². The smallest absolute Gasteiger partial charge is 0.356 e. The number of benzene rings is 1. The molecule has 0 radical (unpaired) electrons. The highest BCUT2D eigenvalue weighted by Gasteiger charge is 2.09. The second-order valence-corrected chi connectivity index (χ2v) is 4.44. The molecule has 2 aromatic rings. The Kier molecular flexibility index (Phi) is 4.36. The maximum atomic E-state index is 11.0. The highest BCUT2D eigenvalue weighted by molar-refractivity contribution is 6.30. The van der Waals surface area contributed by atoms with Crippen molar-refractivity contribution in [1.82, 2.24) is 4.98 Å². The minimum absolute atomic E-state index is 0.0404. The summed E-state index contributed by atoms with van der Waals surface area (Å²) in [5.74, 6) is -1.03. The number of carboxylic acids is 1. The van der Waals surface area contributed by atoms with E-state index >= 15 is 0 Å². The number of carbonyl (C=O) groups is 1. The van der Waals surface area contributed by atoms with E-state index in [1.54, 1.807) is 12.1 Å². The summed E-state index contributed by atoms with van der Waals surface area (Å²) in [6.45, 7) is 0.633. The molecule has 0 aliphatic rings. The van der Waals surface area contributed by atoms with Crippen molar-refractivity contribution in [2.24, 2.45) is 0 Å². The zero-order valence-electron chi connectivity index (χ0n) is 10.1. The van der Waals surface area contributed by atoms with Crippen LogP contribution in [0.2, 0.25) is 5.02 Å². The fourth-order valence-corrected chi connectivity index (χ4v) is 1.84. The van der Waals surface area contributed by atoms with Crippen molar-refractivity contribution in [2.75, 3.05) is 11.9 Å². The van der Waals surface area contributed by atoms with Gasteiger partial charge in [0.15, 0.2) is 5.69 Å². The van der Waals surface area contributed by atoms with E-state index in [0.29, 0.717) is 17.3 Å². The van der Waals surface area contributed by atoms with Crippen LogP contribution in [-0.4, -0.2) is 22.6 Å². The van der Waals surface area contributed by atoms with Crippen LogP contribution in [0.15, 0.2) is 42.6 Å². The second kappa shape index (κ2) is 6.20. The number of rotatable bonds is 5. The van der Waals surface area contributed by atoms with Crippen LogP contribution in [-0.2, 0) is 6.42 Å². The molecule has 4 nitrogen and oxygen atoms in total. The third-order valence-corrected chi connectivity index (χ3v) is 2.90. The van der Waals surface area contributed by atoms with Gasteiger partial charge in [0.25, 0.3) is 0 Å². The van der Waals surface area contributed by atoms with E-state index in [1.165, 1.54) is 6.20 Å². The van der Waals surface area contributed by atoms with Crippen molar-refractivity contribution >= 4 is 23.3 Å². The molecule has 0 aliphatic heterocycles. The number of pyridine rings is 1. The molecule has 0 unspecified atom stereocenters. The highest BCUT2D eigenvalue weighted by Crippen LogP contribution is 2.13. The van der Waals surface area contributed by atoms with E-state index < -0.39 is 5.97 Å². The van der Waals surface area contributed by atoms with Crippen LogP contribution in [0.3, 0.4) is 0 Å². The lowest BCUT2D eigenvalue weighted by molar-refractivity contribution is 0.0691. The number of hydrogen-bond acceptors (Lipinski definition) is 3. The number of nitrogens with zero attached hydrogens (tertiary/aromatic N) is 1. The van der Waals surface area contributed by atoms with Crippen LogP contribution in [0.4, 0.5) is 5.69 Å². The van der Waals surface area contributed by atoms with Crippen LogP contribution in [0, 0.1) is 0 Å². The predicted octanol–water partition coefficient (Wildman–Crippen LogP) is 3.09. The quantitative estimate of drug-likeness (QED) is 0.881. The van der Waals surface area contributed by atoms with E-state index in [0.717, 1.165) is 12.0 Å². The van der Waals surface area contributed by atoms with Gasteiger partial charge in [-0.15, -0.1) is 0 Å². The van der Waals surface area contributed by atoms with Crippen LogP contribution < -0.4 is 5.32 Å². The first-order chi connectivity index (χ1) is 9.16. The number of aromatic nitrogens is 1. The summed E-state index contributed by atoms with van der Waals surface area (Å²) in [5, 5.41) is 12.8. The number of hydrogen-bond donors (Lipinski definition) is 2. The Balaban J connectivity index is 1.96. The Morgan fingerprint density at radius 1 is 1.26 bits per heavy atom. The minimum atomic E-state index is -1.03. The number of nitrogens with one attached hydrogen (secondary N) is 1. The van der Waals surface area contributed by atoms with Crippen LogP contribution >= 0.6 is 11.6 Å². The lowest BCUT2D eigenvalue weighted by atomic mass is 10.1. The van der Waals surface area contributed by atoms with Gasteiger partial charge in [-0.25, -0.2) is 9.78 Å². The average Bonchev–Trinajstić information content (AvgIpc) is 2.41. The average molecular weight is 277 g/mol. The minimum Gasteiger partial charge on any atom is -0.476 e. The Bertz CT molecular complexity index is 570. The van der Waals surface area contributed by atoms with Gasteiger partial charge < -0.3 is 10.4 Å². The summed E-state index contributed by atoms with van der Waals surface area (Å²) in [6.07, 6.45) is 2.25. The largest absolute Gasteiger partial charge is 0.476 e. The van der Waals surface area contributed by atoms with Gasteiger partial charge in [0.1, 0.15) is 0 Å². The van der Waals surface area contributed by atoms with Gasteiger partial charge in [-0.2, -0.15) is 0 Å². The SMILES string of the molecule is O=C(O)c1ncccc1NCCc1ccc(Cl)cc1. The fourth-order valence-electron chi connectivity index (χ4n) is 1.71. The Hall–Kier alpha value is -2.07. The first kappa shape index (κ1) is 13.4. The maximum absolute atomic E-state index is 11.0. The van der Waals surface area contributed by atoms with Gasteiger partial charge in [-0.3, -0.25) is 0 Å². The lowest BCUT2D eigenvalue weighted by Crippen LogP contribution is -2.10. The molecule has 19 heavy (non-hydrogen) atoms. The van der Waals surface area contributed by atoms with Crippen LogP contribution in [0.25, 0.3) is 0 Å². The molecule has 98 valence electrons. The standard InChI is InChI=1S/C14H13ClN2O2/c15-11-5-3-10(4-6-11)7-9-16-12-2-1-8-17-13(12)14(18)19/h1-6,8,16H,7,9H2,(H,18,19). The molecule has 0 amide bonds. The summed E-state index contributed by atoms with van der Waals surface area (Å²) >= 11 is 5.81. The van der Waals surface area contributed by atoms with Crippen LogP contribution in [0.5, 0.6) is 0 Å².